The van der Waals surface area contributed by atoms with Gasteiger partial charge < -0.3 is 9.30 Å². The average Bonchev–Trinajstić information content (AvgIpc) is 2.55. The Kier molecular flexibility index (Phi) is 5.02. The van der Waals surface area contributed by atoms with E-state index in [0.717, 1.165) is 6.07 Å². The lowest BCUT2D eigenvalue weighted by Crippen LogP contribution is -2.22. The van der Waals surface area contributed by atoms with Crippen molar-refractivity contribution in [2.24, 2.45) is 0 Å². The average molecular weight is 356 g/mol. The number of halogens is 1. The van der Waals surface area contributed by atoms with Crippen LogP contribution in [0, 0.1) is 5.82 Å². The van der Waals surface area contributed by atoms with E-state index in [2.05, 4.69) is 4.98 Å². The van der Waals surface area contributed by atoms with Gasteiger partial charge in [-0.2, -0.15) is 0 Å². The van der Waals surface area contributed by atoms with E-state index in [1.165, 1.54) is 17.7 Å². The van der Waals surface area contributed by atoms with E-state index in [-0.39, 0.29) is 29.0 Å². The van der Waals surface area contributed by atoms with E-state index >= 15 is 0 Å². The van der Waals surface area contributed by atoms with E-state index in [1.54, 1.807) is 13.8 Å². The van der Waals surface area contributed by atoms with Gasteiger partial charge in [-0.1, -0.05) is 6.92 Å². The van der Waals surface area contributed by atoms with Crippen LogP contribution in [0.4, 0.5) is 4.39 Å². The van der Waals surface area contributed by atoms with Crippen molar-refractivity contribution in [3.8, 4) is 0 Å². The van der Waals surface area contributed by atoms with Gasteiger partial charge in [0.2, 0.25) is 5.43 Å². The Balaban J connectivity index is 2.87. The molecule has 0 fully saturated rings. The van der Waals surface area contributed by atoms with E-state index in [9.17, 15) is 22.4 Å². The van der Waals surface area contributed by atoms with Crippen LogP contribution in [0.1, 0.15) is 31.1 Å². The first-order valence-electron chi connectivity index (χ1n) is 7.40. The van der Waals surface area contributed by atoms with E-state index in [0.29, 0.717) is 6.54 Å². The summed E-state index contributed by atoms with van der Waals surface area (Å²) in [4.78, 5) is 28.2. The molecule has 0 aliphatic heterocycles. The predicted octanol–water partition coefficient (Wildman–Crippen LogP) is 1.53. The molecule has 2 heterocycles. The van der Waals surface area contributed by atoms with E-state index < -0.39 is 32.1 Å². The molecule has 0 saturated carbocycles. The SMILES string of the molecule is CCOC(=O)c1cn(CC)c2nc(S(=O)(=O)CC)c(F)cc2c1=O. The molecule has 0 radical (unpaired) electrons. The van der Waals surface area contributed by atoms with Crippen LogP contribution >= 0.6 is 0 Å². The molecule has 0 unspecified atom stereocenters. The van der Waals surface area contributed by atoms with Crippen LogP contribution in [0.5, 0.6) is 0 Å². The van der Waals surface area contributed by atoms with Crippen LogP contribution in [-0.2, 0) is 21.1 Å². The van der Waals surface area contributed by atoms with Gasteiger partial charge in [0, 0.05) is 12.7 Å². The van der Waals surface area contributed by atoms with Crippen LogP contribution in [0.25, 0.3) is 11.0 Å². The number of carbonyl (C=O) groups is 1. The summed E-state index contributed by atoms with van der Waals surface area (Å²) in [6.07, 6.45) is 1.25. The summed E-state index contributed by atoms with van der Waals surface area (Å²) in [5.74, 6) is -2.26. The van der Waals surface area contributed by atoms with Gasteiger partial charge in [-0.3, -0.25) is 4.79 Å². The Labute approximate surface area is 138 Å². The van der Waals surface area contributed by atoms with Gasteiger partial charge in [0.05, 0.1) is 17.7 Å². The van der Waals surface area contributed by atoms with Crippen molar-refractivity contribution in [3.05, 3.63) is 33.9 Å². The minimum absolute atomic E-state index is 0.00368. The van der Waals surface area contributed by atoms with E-state index in [4.69, 9.17) is 4.74 Å². The number of sulfone groups is 1. The van der Waals surface area contributed by atoms with Gasteiger partial charge in [-0.05, 0) is 19.9 Å². The number of hydrogen-bond donors (Lipinski definition) is 0. The highest BCUT2D eigenvalue weighted by Crippen LogP contribution is 2.19. The molecule has 0 spiro atoms. The molecule has 0 bridgehead atoms. The molecule has 0 saturated heterocycles. The van der Waals surface area contributed by atoms with Crippen molar-refractivity contribution in [1.29, 1.82) is 0 Å². The highest BCUT2D eigenvalue weighted by atomic mass is 32.2. The molecule has 0 aliphatic rings. The van der Waals surface area contributed by atoms with Gasteiger partial charge >= 0.3 is 5.97 Å². The molecule has 2 aromatic heterocycles. The number of pyridine rings is 2. The molecule has 24 heavy (non-hydrogen) atoms. The highest BCUT2D eigenvalue weighted by Gasteiger charge is 2.24. The molecule has 0 N–H and O–H groups in total. The lowest BCUT2D eigenvalue weighted by molar-refractivity contribution is 0.0524. The predicted molar refractivity (Wildman–Crippen MR) is 85.3 cm³/mol. The van der Waals surface area contributed by atoms with Crippen molar-refractivity contribution in [2.75, 3.05) is 12.4 Å². The number of hydrogen-bond acceptors (Lipinski definition) is 6. The molecule has 0 atom stereocenters. The van der Waals surface area contributed by atoms with Crippen LogP contribution in [-0.4, -0.2) is 36.3 Å². The van der Waals surface area contributed by atoms with Gasteiger partial charge in [-0.15, -0.1) is 0 Å². The number of fused-ring (bicyclic) bond motifs is 1. The quantitative estimate of drug-likeness (QED) is 0.754. The first kappa shape index (κ1) is 18.1. The zero-order chi connectivity index (χ0) is 18.1. The largest absolute Gasteiger partial charge is 0.462 e. The molecular formula is C15H17FN2O5S. The standard InChI is InChI=1S/C15H17FN2O5S/c1-4-18-8-10(15(20)23-5-2)12(19)9-7-11(16)14(17-13(9)18)24(21,22)6-3/h7-8H,4-6H2,1-3H3. The van der Waals surface area contributed by atoms with Crippen molar-refractivity contribution < 1.29 is 22.3 Å². The highest BCUT2D eigenvalue weighted by molar-refractivity contribution is 7.91. The zero-order valence-corrected chi connectivity index (χ0v) is 14.3. The third-order valence-electron chi connectivity index (χ3n) is 3.48. The normalized spacial score (nSPS) is 11.7. The smallest absolute Gasteiger partial charge is 0.343 e. The summed E-state index contributed by atoms with van der Waals surface area (Å²) in [6.45, 7) is 5.08. The number of aryl methyl sites for hydroxylation is 1. The molecule has 130 valence electrons. The van der Waals surface area contributed by atoms with Gasteiger partial charge in [0.15, 0.2) is 20.7 Å². The molecule has 2 rings (SSSR count). The molecule has 7 nitrogen and oxygen atoms in total. The minimum atomic E-state index is -3.89. The molecule has 0 aromatic carbocycles. The van der Waals surface area contributed by atoms with Crippen LogP contribution in [0.15, 0.2) is 22.1 Å². The number of esters is 1. The van der Waals surface area contributed by atoms with Crippen LogP contribution in [0.3, 0.4) is 0 Å². The van der Waals surface area contributed by atoms with E-state index in [1.807, 2.05) is 0 Å². The lowest BCUT2D eigenvalue weighted by atomic mass is 10.2. The Morgan fingerprint density at radius 2 is 2.00 bits per heavy atom. The Hall–Kier alpha value is -2.29. The lowest BCUT2D eigenvalue weighted by Gasteiger charge is -2.12. The first-order valence-corrected chi connectivity index (χ1v) is 9.05. The van der Waals surface area contributed by atoms with Gasteiger partial charge in [0.25, 0.3) is 0 Å². The topological polar surface area (TPSA) is 95.3 Å². The number of rotatable bonds is 5. The Morgan fingerprint density at radius 1 is 1.33 bits per heavy atom. The molecule has 9 heteroatoms. The van der Waals surface area contributed by atoms with Gasteiger partial charge in [0.1, 0.15) is 11.2 Å². The van der Waals surface area contributed by atoms with Crippen molar-refractivity contribution in [1.82, 2.24) is 9.55 Å². The Morgan fingerprint density at radius 3 is 2.54 bits per heavy atom. The molecule has 0 amide bonds. The maximum atomic E-state index is 14.2. The molecule has 0 aliphatic carbocycles. The van der Waals surface area contributed by atoms with Gasteiger partial charge in [-0.25, -0.2) is 22.6 Å². The fourth-order valence-electron chi connectivity index (χ4n) is 2.22. The fraction of sp³-hybridized carbons (Fsp3) is 0.400. The first-order chi connectivity index (χ1) is 11.3. The Bertz CT molecular complexity index is 966. The zero-order valence-electron chi connectivity index (χ0n) is 13.5. The third-order valence-corrected chi connectivity index (χ3v) is 5.12. The summed E-state index contributed by atoms with van der Waals surface area (Å²) < 4.78 is 44.3. The monoisotopic (exact) mass is 356 g/mol. The van der Waals surface area contributed by atoms with Crippen LogP contribution in [0.2, 0.25) is 0 Å². The second-order valence-electron chi connectivity index (χ2n) is 4.93. The minimum Gasteiger partial charge on any atom is -0.462 e. The second-order valence-corrected chi connectivity index (χ2v) is 7.12. The third kappa shape index (κ3) is 3.03. The maximum absolute atomic E-state index is 14.2. The van der Waals surface area contributed by atoms with Crippen molar-refractivity contribution in [3.63, 3.8) is 0 Å². The number of carbonyl (C=O) groups excluding carboxylic acids is 1. The summed E-state index contributed by atoms with van der Waals surface area (Å²) in [6, 6.07) is 0.808. The summed E-state index contributed by atoms with van der Waals surface area (Å²) in [5, 5.41) is -0.877. The number of aromatic nitrogens is 2. The molecule has 2 aromatic rings. The summed E-state index contributed by atoms with van der Waals surface area (Å²) in [7, 11) is -3.89. The second kappa shape index (κ2) is 6.68. The maximum Gasteiger partial charge on any atom is 0.343 e. The van der Waals surface area contributed by atoms with Crippen molar-refractivity contribution >= 4 is 26.8 Å². The van der Waals surface area contributed by atoms with Crippen molar-refractivity contribution in [2.45, 2.75) is 32.3 Å². The number of nitrogens with zero attached hydrogens (tertiary/aromatic N) is 2. The summed E-state index contributed by atoms with van der Waals surface area (Å²) >= 11 is 0. The van der Waals surface area contributed by atoms with Crippen LogP contribution < -0.4 is 5.43 Å². The summed E-state index contributed by atoms with van der Waals surface area (Å²) in [5.41, 5.74) is -0.998. The fourth-order valence-corrected chi connectivity index (χ4v) is 3.07. The molecular weight excluding hydrogens is 339 g/mol. The number of ether oxygens (including phenoxy) is 1.